The van der Waals surface area contributed by atoms with Crippen LogP contribution in [-0.4, -0.2) is 76.7 Å². The summed E-state index contributed by atoms with van der Waals surface area (Å²) in [5, 5.41) is 26.5. The fraction of sp³-hybridized carbons (Fsp3) is 0.765. The van der Waals surface area contributed by atoms with Crippen LogP contribution in [0.5, 0.6) is 0 Å². The number of amides is 3. The van der Waals surface area contributed by atoms with Gasteiger partial charge in [0, 0.05) is 0 Å². The number of nitrogens with one attached hydrogen (secondary N) is 3. The van der Waals surface area contributed by atoms with E-state index in [9.17, 15) is 29.4 Å². The summed E-state index contributed by atoms with van der Waals surface area (Å²) >= 11 is 1.47. The number of carbonyl (C=O) groups excluding carboxylic acids is 3. The third-order valence-electron chi connectivity index (χ3n) is 4.29. The zero-order valence-corrected chi connectivity index (χ0v) is 17.5. The van der Waals surface area contributed by atoms with Gasteiger partial charge in [-0.3, -0.25) is 14.4 Å². The van der Waals surface area contributed by atoms with Crippen molar-refractivity contribution in [2.45, 2.75) is 57.8 Å². The quantitative estimate of drug-likeness (QED) is 0.213. The van der Waals surface area contributed by atoms with E-state index in [4.69, 9.17) is 5.73 Å². The Kier molecular flexibility index (Phi) is 12.5. The molecule has 162 valence electrons. The number of carboxylic acids is 1. The molecule has 0 spiro atoms. The van der Waals surface area contributed by atoms with E-state index in [0.717, 1.165) is 0 Å². The highest BCUT2D eigenvalue weighted by Crippen LogP contribution is 2.09. The van der Waals surface area contributed by atoms with Crippen LogP contribution < -0.4 is 21.7 Å². The number of rotatable bonds is 13. The first-order chi connectivity index (χ1) is 13.1. The first kappa shape index (κ1) is 26.1. The molecule has 0 saturated carbocycles. The molecule has 0 fully saturated rings. The third-order valence-corrected chi connectivity index (χ3v) is 4.93. The summed E-state index contributed by atoms with van der Waals surface area (Å²) in [4.78, 5) is 48.0. The van der Waals surface area contributed by atoms with E-state index in [0.29, 0.717) is 18.6 Å². The number of thioether (sulfide) groups is 1. The van der Waals surface area contributed by atoms with Crippen molar-refractivity contribution in [3.63, 3.8) is 0 Å². The van der Waals surface area contributed by atoms with Crippen molar-refractivity contribution in [1.82, 2.24) is 16.0 Å². The van der Waals surface area contributed by atoms with E-state index in [1.54, 1.807) is 13.8 Å². The van der Waals surface area contributed by atoms with Crippen LogP contribution in [0.2, 0.25) is 0 Å². The minimum Gasteiger partial charge on any atom is -0.480 e. The molecule has 7 N–H and O–H groups in total. The van der Waals surface area contributed by atoms with Crippen molar-refractivity contribution in [3.05, 3.63) is 0 Å². The number of hydrogen-bond acceptors (Lipinski definition) is 7. The molecule has 0 aliphatic carbocycles. The molecular weight excluding hydrogens is 388 g/mol. The Balaban J connectivity index is 5.27. The molecule has 0 aromatic heterocycles. The van der Waals surface area contributed by atoms with Gasteiger partial charge in [-0.2, -0.15) is 11.8 Å². The Morgan fingerprint density at radius 3 is 2.04 bits per heavy atom. The highest BCUT2D eigenvalue weighted by Gasteiger charge is 2.33. The number of carboxylic acid groups (broad SMARTS) is 1. The van der Waals surface area contributed by atoms with Gasteiger partial charge in [0.05, 0.1) is 12.6 Å². The average molecular weight is 421 g/mol. The van der Waals surface area contributed by atoms with Crippen LogP contribution in [0.4, 0.5) is 0 Å². The van der Waals surface area contributed by atoms with Gasteiger partial charge in [-0.25, -0.2) is 4.79 Å². The lowest BCUT2D eigenvalue weighted by Crippen LogP contribution is -2.60. The average Bonchev–Trinajstić information content (AvgIpc) is 2.65. The molecule has 5 atom stereocenters. The van der Waals surface area contributed by atoms with Gasteiger partial charge < -0.3 is 31.9 Å². The summed E-state index contributed by atoms with van der Waals surface area (Å²) < 4.78 is 0. The monoisotopic (exact) mass is 420 g/mol. The van der Waals surface area contributed by atoms with Crippen molar-refractivity contribution >= 4 is 35.5 Å². The van der Waals surface area contributed by atoms with E-state index < -0.39 is 47.9 Å². The maximum atomic E-state index is 12.5. The maximum Gasteiger partial charge on any atom is 0.326 e. The number of aliphatic hydroxyl groups is 1. The number of nitrogens with two attached hydrogens (primary N) is 1. The summed E-state index contributed by atoms with van der Waals surface area (Å²) in [7, 11) is 0. The number of hydrogen-bond donors (Lipinski definition) is 6. The normalized spacial score (nSPS) is 16.2. The molecule has 10 nitrogen and oxygen atoms in total. The molecule has 11 heteroatoms. The molecule has 0 saturated heterocycles. The van der Waals surface area contributed by atoms with Crippen LogP contribution in [-0.2, 0) is 19.2 Å². The molecule has 0 aliphatic rings. The van der Waals surface area contributed by atoms with Crippen molar-refractivity contribution in [3.8, 4) is 0 Å². The molecule has 0 aromatic carbocycles. The SMILES string of the molecule is CCC(C)C(NC(=O)C(NC(=O)C(CCSC)NC(=O)CN)C(C)O)C(=O)O. The molecular formula is C17H32N4O6S. The largest absolute Gasteiger partial charge is 0.480 e. The van der Waals surface area contributed by atoms with Crippen LogP contribution in [0.1, 0.15) is 33.6 Å². The number of aliphatic hydroxyl groups excluding tert-OH is 1. The summed E-state index contributed by atoms with van der Waals surface area (Å²) in [5.74, 6) is -2.97. The first-order valence-electron chi connectivity index (χ1n) is 9.08. The second-order valence-corrected chi connectivity index (χ2v) is 7.53. The molecule has 0 bridgehead atoms. The fourth-order valence-corrected chi connectivity index (χ4v) is 2.81. The number of carbonyl (C=O) groups is 4. The second kappa shape index (κ2) is 13.3. The lowest BCUT2D eigenvalue weighted by Gasteiger charge is -2.27. The Morgan fingerprint density at radius 1 is 1.04 bits per heavy atom. The summed E-state index contributed by atoms with van der Waals surface area (Å²) in [6.07, 6.45) is 1.39. The van der Waals surface area contributed by atoms with Crippen molar-refractivity contribution < 1.29 is 29.4 Å². The molecule has 0 aliphatic heterocycles. The van der Waals surface area contributed by atoms with Gasteiger partial charge in [-0.15, -0.1) is 0 Å². The van der Waals surface area contributed by atoms with Crippen molar-refractivity contribution in [2.75, 3.05) is 18.6 Å². The summed E-state index contributed by atoms with van der Waals surface area (Å²) in [5.41, 5.74) is 5.26. The van der Waals surface area contributed by atoms with E-state index in [1.165, 1.54) is 18.7 Å². The van der Waals surface area contributed by atoms with Crippen molar-refractivity contribution in [1.29, 1.82) is 0 Å². The van der Waals surface area contributed by atoms with Gasteiger partial charge in [0.25, 0.3) is 0 Å². The zero-order chi connectivity index (χ0) is 21.9. The highest BCUT2D eigenvalue weighted by atomic mass is 32.2. The molecule has 0 rings (SSSR count). The van der Waals surface area contributed by atoms with Crippen LogP contribution in [0.15, 0.2) is 0 Å². The Bertz CT molecular complexity index is 546. The number of aliphatic carboxylic acids is 1. The summed E-state index contributed by atoms with van der Waals surface area (Å²) in [6.45, 7) is 4.48. The van der Waals surface area contributed by atoms with E-state index in [2.05, 4.69) is 16.0 Å². The van der Waals surface area contributed by atoms with Gasteiger partial charge in [0.15, 0.2) is 0 Å². The van der Waals surface area contributed by atoms with Gasteiger partial charge in [0.1, 0.15) is 18.1 Å². The zero-order valence-electron chi connectivity index (χ0n) is 16.7. The predicted octanol–water partition coefficient (Wildman–Crippen LogP) is -1.34. The molecule has 5 unspecified atom stereocenters. The lowest BCUT2D eigenvalue weighted by molar-refractivity contribution is -0.144. The Labute approximate surface area is 169 Å². The second-order valence-electron chi connectivity index (χ2n) is 6.54. The van der Waals surface area contributed by atoms with E-state index >= 15 is 0 Å². The molecule has 0 aromatic rings. The lowest BCUT2D eigenvalue weighted by atomic mass is 9.98. The first-order valence-corrected chi connectivity index (χ1v) is 10.5. The topological polar surface area (TPSA) is 171 Å². The van der Waals surface area contributed by atoms with Gasteiger partial charge >= 0.3 is 5.97 Å². The van der Waals surface area contributed by atoms with Gasteiger partial charge in [-0.1, -0.05) is 20.3 Å². The molecule has 0 radical (unpaired) electrons. The molecule has 0 heterocycles. The maximum absolute atomic E-state index is 12.5. The van der Waals surface area contributed by atoms with Crippen molar-refractivity contribution in [2.24, 2.45) is 11.7 Å². The van der Waals surface area contributed by atoms with Crippen LogP contribution in [0.25, 0.3) is 0 Å². The molecule has 28 heavy (non-hydrogen) atoms. The highest BCUT2D eigenvalue weighted by molar-refractivity contribution is 7.98. The summed E-state index contributed by atoms with van der Waals surface area (Å²) in [6, 6.07) is -3.45. The minimum absolute atomic E-state index is 0.293. The minimum atomic E-state index is -1.37. The smallest absolute Gasteiger partial charge is 0.326 e. The molecule has 3 amide bonds. The third kappa shape index (κ3) is 8.89. The predicted molar refractivity (Wildman–Crippen MR) is 107 cm³/mol. The Morgan fingerprint density at radius 2 is 1.61 bits per heavy atom. The fourth-order valence-electron chi connectivity index (χ4n) is 2.34. The standard InChI is InChI=1S/C17H32N4O6S/c1-5-9(2)13(17(26)27)20-16(25)14(10(3)22)21-15(24)11(6-7-28-4)19-12(23)8-18/h9-11,13-14,22H,5-8,18H2,1-4H3,(H,19,23)(H,20,25)(H,21,24)(H,26,27). The van der Waals surface area contributed by atoms with Gasteiger partial charge in [-0.05, 0) is 31.3 Å². The van der Waals surface area contributed by atoms with Crippen LogP contribution in [0.3, 0.4) is 0 Å². The van der Waals surface area contributed by atoms with E-state index in [-0.39, 0.29) is 12.5 Å². The van der Waals surface area contributed by atoms with Crippen LogP contribution in [0, 0.1) is 5.92 Å². The van der Waals surface area contributed by atoms with Gasteiger partial charge in [0.2, 0.25) is 17.7 Å². The van der Waals surface area contributed by atoms with Crippen LogP contribution >= 0.6 is 11.8 Å². The Hall–Kier alpha value is -1.85. The van der Waals surface area contributed by atoms with E-state index in [1.807, 2.05) is 6.26 Å².